The minimum Gasteiger partial charge on any atom is -0.456 e. The molecule has 5 aromatic rings. The lowest BCUT2D eigenvalue weighted by atomic mass is 9.82. The Hall–Kier alpha value is -2.67. The smallest absolute Gasteiger partial charge is 0.309 e. The van der Waals surface area contributed by atoms with Gasteiger partial charge < -0.3 is 14.2 Å². The van der Waals surface area contributed by atoms with Crippen molar-refractivity contribution in [3.05, 3.63) is 60.7 Å². The van der Waals surface area contributed by atoms with E-state index < -0.39 is 11.2 Å². The molecule has 1 N–H and O–H groups in total. The fraction of sp³-hybridized carbons (Fsp3) is 0.240. The summed E-state index contributed by atoms with van der Waals surface area (Å²) in [5.74, 6) is 0. The summed E-state index contributed by atoms with van der Waals surface area (Å²) >= 11 is 1.69. The van der Waals surface area contributed by atoms with Gasteiger partial charge in [-0.05, 0) is 39.8 Å². The normalized spacial score (nSPS) is 12.8. The van der Waals surface area contributed by atoms with Crippen LogP contribution >= 0.6 is 11.3 Å². The lowest BCUT2D eigenvalue weighted by Crippen LogP contribution is -2.49. The Balaban J connectivity index is 1.53. The highest BCUT2D eigenvalue weighted by Crippen LogP contribution is 2.36. The number of rotatable bonds is 5. The van der Waals surface area contributed by atoms with Crippen LogP contribution in [-0.2, 0) is 4.65 Å². The van der Waals surface area contributed by atoms with Crippen molar-refractivity contribution in [2.45, 2.75) is 38.9 Å². The highest BCUT2D eigenvalue weighted by molar-refractivity contribution is 7.21. The van der Waals surface area contributed by atoms with E-state index in [9.17, 15) is 5.11 Å². The lowest BCUT2D eigenvalue weighted by Gasteiger charge is -2.37. The Morgan fingerprint density at radius 3 is 2.42 bits per heavy atom. The molecule has 5 rings (SSSR count). The third kappa shape index (κ3) is 3.65. The molecule has 2 aromatic heterocycles. The SMILES string of the molecule is CC(C)(O)C(C)(C)OBc1ccc2oc3cc4nc(-c5ccccc5)sc4cc3c2c1. The molecule has 3 aromatic carbocycles. The third-order valence-electron chi connectivity index (χ3n) is 6.14. The molecule has 0 aliphatic carbocycles. The summed E-state index contributed by atoms with van der Waals surface area (Å²) in [5.41, 5.74) is 3.20. The van der Waals surface area contributed by atoms with Gasteiger partial charge in [-0.1, -0.05) is 47.9 Å². The van der Waals surface area contributed by atoms with Crippen LogP contribution in [0.25, 0.3) is 42.7 Å². The largest absolute Gasteiger partial charge is 0.456 e. The zero-order chi connectivity index (χ0) is 21.8. The van der Waals surface area contributed by atoms with Gasteiger partial charge in [-0.15, -0.1) is 11.3 Å². The first kappa shape index (κ1) is 20.2. The summed E-state index contributed by atoms with van der Waals surface area (Å²) in [6.45, 7) is 7.35. The van der Waals surface area contributed by atoms with Crippen LogP contribution in [0.4, 0.5) is 0 Å². The molecule has 0 unspecified atom stereocenters. The Labute approximate surface area is 185 Å². The van der Waals surface area contributed by atoms with Crippen molar-refractivity contribution in [3.8, 4) is 10.6 Å². The molecule has 2 heterocycles. The topological polar surface area (TPSA) is 55.5 Å². The molecule has 0 spiro atoms. The van der Waals surface area contributed by atoms with Gasteiger partial charge in [0.2, 0.25) is 0 Å². The summed E-state index contributed by atoms with van der Waals surface area (Å²) in [6, 6.07) is 20.6. The average molecular weight is 429 g/mol. The zero-order valence-electron chi connectivity index (χ0n) is 18.1. The molecular weight excluding hydrogens is 405 g/mol. The van der Waals surface area contributed by atoms with Gasteiger partial charge in [0.15, 0.2) is 0 Å². The van der Waals surface area contributed by atoms with Crippen molar-refractivity contribution < 1.29 is 14.2 Å². The van der Waals surface area contributed by atoms with Gasteiger partial charge in [0.25, 0.3) is 0 Å². The van der Waals surface area contributed by atoms with E-state index in [4.69, 9.17) is 14.1 Å². The van der Waals surface area contributed by atoms with Crippen LogP contribution in [0.15, 0.2) is 65.1 Å². The van der Waals surface area contributed by atoms with E-state index in [0.29, 0.717) is 7.48 Å². The van der Waals surface area contributed by atoms with Gasteiger partial charge in [0, 0.05) is 22.4 Å². The summed E-state index contributed by atoms with van der Waals surface area (Å²) in [4.78, 5) is 4.82. The van der Waals surface area contributed by atoms with Crippen LogP contribution in [0.3, 0.4) is 0 Å². The maximum Gasteiger partial charge on any atom is 0.309 e. The first-order valence-corrected chi connectivity index (χ1v) is 11.2. The number of nitrogens with zero attached hydrogens (tertiary/aromatic N) is 1. The summed E-state index contributed by atoms with van der Waals surface area (Å²) in [6.07, 6.45) is 0. The fourth-order valence-corrected chi connectivity index (χ4v) is 4.47. The summed E-state index contributed by atoms with van der Waals surface area (Å²) < 4.78 is 13.3. The summed E-state index contributed by atoms with van der Waals surface area (Å²) in [7, 11) is 0.417. The first-order valence-electron chi connectivity index (χ1n) is 10.4. The maximum atomic E-state index is 10.3. The molecule has 0 atom stereocenters. The molecule has 0 saturated heterocycles. The third-order valence-corrected chi connectivity index (χ3v) is 7.20. The summed E-state index contributed by atoms with van der Waals surface area (Å²) in [5, 5.41) is 13.5. The number of hydrogen-bond acceptors (Lipinski definition) is 5. The number of aliphatic hydroxyl groups is 1. The van der Waals surface area contributed by atoms with Crippen molar-refractivity contribution in [1.82, 2.24) is 4.98 Å². The van der Waals surface area contributed by atoms with Crippen LogP contribution in [0.1, 0.15) is 27.7 Å². The highest BCUT2D eigenvalue weighted by atomic mass is 32.1. The van der Waals surface area contributed by atoms with Crippen molar-refractivity contribution in [2.24, 2.45) is 0 Å². The van der Waals surface area contributed by atoms with Gasteiger partial charge in [-0.3, -0.25) is 0 Å². The van der Waals surface area contributed by atoms with Crippen molar-refractivity contribution in [2.75, 3.05) is 0 Å². The van der Waals surface area contributed by atoms with Crippen molar-refractivity contribution in [3.63, 3.8) is 0 Å². The molecule has 156 valence electrons. The van der Waals surface area contributed by atoms with E-state index in [1.165, 1.54) is 0 Å². The molecule has 0 aliphatic heterocycles. The number of fused-ring (bicyclic) bond motifs is 4. The molecule has 0 bridgehead atoms. The van der Waals surface area contributed by atoms with E-state index in [0.717, 1.165) is 48.2 Å². The molecule has 6 heteroatoms. The minimum absolute atomic E-state index is 0.417. The number of aromatic nitrogens is 1. The standard InChI is InChI=1S/C25H24BNO3S/c1-24(2,28)25(3,4)30-26-16-10-11-20-17(12-16)18-13-22-19(14-21(18)29-20)27-23(31-22)15-8-6-5-7-9-15/h5-14,26,28H,1-4H3. The quantitative estimate of drug-likeness (QED) is 0.380. The predicted molar refractivity (Wildman–Crippen MR) is 131 cm³/mol. The number of thiazole rings is 1. The van der Waals surface area contributed by atoms with Gasteiger partial charge in [0.1, 0.15) is 16.2 Å². The molecule has 0 radical (unpaired) electrons. The second-order valence-electron chi connectivity index (χ2n) is 8.99. The fourth-order valence-electron chi connectivity index (χ4n) is 3.48. The molecule has 0 amide bonds. The van der Waals surface area contributed by atoms with Gasteiger partial charge in [-0.2, -0.15) is 0 Å². The van der Waals surface area contributed by atoms with Crippen molar-refractivity contribution in [1.29, 1.82) is 0 Å². The van der Waals surface area contributed by atoms with E-state index in [1.807, 2.05) is 50.2 Å². The van der Waals surface area contributed by atoms with Crippen LogP contribution in [0.2, 0.25) is 0 Å². The second kappa shape index (κ2) is 7.19. The van der Waals surface area contributed by atoms with Gasteiger partial charge in [-0.25, -0.2) is 4.98 Å². The Kier molecular flexibility index (Phi) is 4.70. The number of furan rings is 1. The lowest BCUT2D eigenvalue weighted by molar-refractivity contribution is -0.0893. The van der Waals surface area contributed by atoms with Crippen LogP contribution in [0.5, 0.6) is 0 Å². The predicted octanol–water partition coefficient (Wildman–Crippen LogP) is 5.41. The molecule has 4 nitrogen and oxygen atoms in total. The number of benzene rings is 3. The minimum atomic E-state index is -0.937. The molecular formula is C25H24BNO3S. The van der Waals surface area contributed by atoms with Crippen LogP contribution in [0, 0.1) is 0 Å². The van der Waals surface area contributed by atoms with Gasteiger partial charge >= 0.3 is 7.48 Å². The Bertz CT molecular complexity index is 1400. The Morgan fingerprint density at radius 2 is 1.68 bits per heavy atom. The first-order chi connectivity index (χ1) is 14.7. The average Bonchev–Trinajstić information content (AvgIpc) is 3.30. The van der Waals surface area contributed by atoms with Crippen LogP contribution in [-0.4, -0.2) is 28.8 Å². The molecule has 0 saturated carbocycles. The monoisotopic (exact) mass is 429 g/mol. The van der Waals surface area contributed by atoms with Crippen molar-refractivity contribution >= 4 is 56.4 Å². The van der Waals surface area contributed by atoms with E-state index in [2.05, 4.69) is 24.3 Å². The zero-order valence-corrected chi connectivity index (χ0v) is 18.9. The molecule has 0 fully saturated rings. The van der Waals surface area contributed by atoms with E-state index in [1.54, 1.807) is 25.2 Å². The highest BCUT2D eigenvalue weighted by Gasteiger charge is 2.35. The molecule has 31 heavy (non-hydrogen) atoms. The van der Waals surface area contributed by atoms with Gasteiger partial charge in [0.05, 0.1) is 21.4 Å². The van der Waals surface area contributed by atoms with E-state index >= 15 is 0 Å². The number of hydrogen-bond donors (Lipinski definition) is 1. The van der Waals surface area contributed by atoms with Crippen LogP contribution < -0.4 is 5.46 Å². The maximum absolute atomic E-state index is 10.3. The molecule has 0 aliphatic rings. The Morgan fingerprint density at radius 1 is 0.935 bits per heavy atom. The second-order valence-corrected chi connectivity index (χ2v) is 10.0. The van der Waals surface area contributed by atoms with E-state index in [-0.39, 0.29) is 0 Å².